The molecule has 2 atom stereocenters. The fourth-order valence-electron chi connectivity index (χ4n) is 3.18. The fourth-order valence-corrected chi connectivity index (χ4v) is 3.18. The lowest BCUT2D eigenvalue weighted by Gasteiger charge is -2.37. The zero-order valence-corrected chi connectivity index (χ0v) is 18.0. The SMILES string of the molecule is C#CCCCCCCC/C=C/C#CCCCC1(OC)CC[C@@H](CC(=O)OC)OO1. The lowest BCUT2D eigenvalue weighted by Crippen LogP contribution is -2.42. The molecule has 0 spiro atoms. The molecular formula is C24H36O5. The summed E-state index contributed by atoms with van der Waals surface area (Å²) in [6.45, 7) is 0. The second kappa shape index (κ2) is 16.1. The van der Waals surface area contributed by atoms with E-state index in [9.17, 15) is 4.79 Å². The number of unbranched alkanes of at least 4 members (excludes halogenated alkanes) is 7. The van der Waals surface area contributed by atoms with E-state index in [1.165, 1.54) is 32.8 Å². The van der Waals surface area contributed by atoms with Gasteiger partial charge in [0, 0.05) is 32.8 Å². The molecule has 0 aromatic rings. The molecule has 5 nitrogen and oxygen atoms in total. The van der Waals surface area contributed by atoms with Crippen LogP contribution in [0.2, 0.25) is 0 Å². The van der Waals surface area contributed by atoms with Gasteiger partial charge in [-0.05, 0) is 38.2 Å². The van der Waals surface area contributed by atoms with Gasteiger partial charge in [0.1, 0.15) is 6.10 Å². The van der Waals surface area contributed by atoms with Crippen molar-refractivity contribution in [2.45, 2.75) is 95.4 Å². The number of rotatable bonds is 13. The monoisotopic (exact) mass is 404 g/mol. The molecule has 5 heteroatoms. The number of terminal acetylenes is 1. The largest absolute Gasteiger partial charge is 0.469 e. The molecule has 0 aromatic carbocycles. The van der Waals surface area contributed by atoms with Gasteiger partial charge in [0.25, 0.3) is 0 Å². The zero-order valence-electron chi connectivity index (χ0n) is 18.0. The topological polar surface area (TPSA) is 54.0 Å². The Kier molecular flexibility index (Phi) is 14.0. The summed E-state index contributed by atoms with van der Waals surface area (Å²) in [5.74, 6) is 7.89. The highest BCUT2D eigenvalue weighted by Gasteiger charge is 2.38. The van der Waals surface area contributed by atoms with E-state index in [1.807, 2.05) is 6.08 Å². The standard InChI is InChI=1S/C24H36O5/c1-4-5-6-7-8-9-10-11-12-13-14-15-16-17-19-24(27-3)20-18-22(28-29-24)21-23(25)26-2/h1,12-13,22H,5-11,16-21H2,2-3H3/b13-12+/t22-,24?/m0/s1. The van der Waals surface area contributed by atoms with E-state index in [0.717, 1.165) is 32.1 Å². The van der Waals surface area contributed by atoms with Crippen LogP contribution in [0.4, 0.5) is 0 Å². The highest BCUT2D eigenvalue weighted by atomic mass is 17.2. The van der Waals surface area contributed by atoms with Crippen molar-refractivity contribution in [3.8, 4) is 24.2 Å². The van der Waals surface area contributed by atoms with Crippen molar-refractivity contribution in [3.05, 3.63) is 12.2 Å². The van der Waals surface area contributed by atoms with Gasteiger partial charge in [0.05, 0.1) is 13.5 Å². The normalized spacial score (nSPS) is 21.3. The Hall–Kier alpha value is -1.79. The van der Waals surface area contributed by atoms with Gasteiger partial charge >= 0.3 is 5.97 Å². The Morgan fingerprint density at radius 2 is 1.97 bits per heavy atom. The number of allylic oxidation sites excluding steroid dienone is 2. The van der Waals surface area contributed by atoms with Gasteiger partial charge in [-0.15, -0.1) is 12.3 Å². The first-order valence-corrected chi connectivity index (χ1v) is 10.7. The van der Waals surface area contributed by atoms with E-state index in [4.69, 9.17) is 20.9 Å². The van der Waals surface area contributed by atoms with Crippen LogP contribution in [0.5, 0.6) is 0 Å². The molecule has 1 fully saturated rings. The summed E-state index contributed by atoms with van der Waals surface area (Å²) in [7, 11) is 2.99. The Balaban J connectivity index is 2.11. The minimum atomic E-state index is -0.746. The van der Waals surface area contributed by atoms with Gasteiger partial charge in [-0.1, -0.05) is 37.2 Å². The summed E-state index contributed by atoms with van der Waals surface area (Å²) in [4.78, 5) is 22.1. The lowest BCUT2D eigenvalue weighted by molar-refractivity contribution is -0.466. The van der Waals surface area contributed by atoms with E-state index in [-0.39, 0.29) is 18.5 Å². The van der Waals surface area contributed by atoms with Gasteiger partial charge in [0.15, 0.2) is 0 Å². The van der Waals surface area contributed by atoms with E-state index in [0.29, 0.717) is 19.3 Å². The van der Waals surface area contributed by atoms with E-state index >= 15 is 0 Å². The van der Waals surface area contributed by atoms with Gasteiger partial charge in [0.2, 0.25) is 5.79 Å². The van der Waals surface area contributed by atoms with Crippen molar-refractivity contribution in [2.75, 3.05) is 14.2 Å². The van der Waals surface area contributed by atoms with Crippen molar-refractivity contribution in [1.29, 1.82) is 0 Å². The Labute approximate surface area is 176 Å². The number of esters is 1. The van der Waals surface area contributed by atoms with Crippen molar-refractivity contribution in [1.82, 2.24) is 0 Å². The average Bonchev–Trinajstić information content (AvgIpc) is 2.75. The maximum Gasteiger partial charge on any atom is 0.308 e. The van der Waals surface area contributed by atoms with Gasteiger partial charge in [-0.2, -0.15) is 0 Å². The van der Waals surface area contributed by atoms with Gasteiger partial charge in [-0.3, -0.25) is 4.79 Å². The molecule has 0 aromatic heterocycles. The first kappa shape index (κ1) is 25.2. The van der Waals surface area contributed by atoms with Crippen LogP contribution in [0.25, 0.3) is 0 Å². The van der Waals surface area contributed by atoms with Crippen LogP contribution in [-0.2, 0) is 24.0 Å². The summed E-state index contributed by atoms with van der Waals surface area (Å²) < 4.78 is 10.2. The summed E-state index contributed by atoms with van der Waals surface area (Å²) in [6, 6.07) is 0. The van der Waals surface area contributed by atoms with Crippen molar-refractivity contribution in [2.24, 2.45) is 0 Å². The number of methoxy groups -OCH3 is 2. The van der Waals surface area contributed by atoms with E-state index < -0.39 is 5.79 Å². The molecule has 0 bridgehead atoms. The molecule has 1 unspecified atom stereocenters. The number of hydrogen-bond acceptors (Lipinski definition) is 5. The predicted octanol–water partition coefficient (Wildman–Crippen LogP) is 5.10. The first-order valence-electron chi connectivity index (χ1n) is 10.7. The molecule has 162 valence electrons. The maximum absolute atomic E-state index is 11.3. The van der Waals surface area contributed by atoms with Crippen molar-refractivity contribution in [3.63, 3.8) is 0 Å². The molecule has 1 aliphatic heterocycles. The molecule has 1 saturated heterocycles. The summed E-state index contributed by atoms with van der Waals surface area (Å²) in [5, 5.41) is 0. The summed E-state index contributed by atoms with van der Waals surface area (Å²) >= 11 is 0. The summed E-state index contributed by atoms with van der Waals surface area (Å²) in [6.07, 6.45) is 21.0. The molecule has 1 heterocycles. The minimum Gasteiger partial charge on any atom is -0.469 e. The summed E-state index contributed by atoms with van der Waals surface area (Å²) in [5.41, 5.74) is 0. The molecule has 1 rings (SSSR count). The molecule has 29 heavy (non-hydrogen) atoms. The van der Waals surface area contributed by atoms with Crippen LogP contribution >= 0.6 is 0 Å². The van der Waals surface area contributed by atoms with Gasteiger partial charge in [-0.25, -0.2) is 9.78 Å². The number of ether oxygens (including phenoxy) is 2. The molecule has 0 radical (unpaired) electrons. The minimum absolute atomic E-state index is 0.194. The van der Waals surface area contributed by atoms with E-state index in [1.54, 1.807) is 7.11 Å². The highest BCUT2D eigenvalue weighted by Crippen LogP contribution is 2.33. The molecule has 0 amide bonds. The third-order valence-corrected chi connectivity index (χ3v) is 5.03. The van der Waals surface area contributed by atoms with Crippen molar-refractivity contribution < 1.29 is 24.0 Å². The van der Waals surface area contributed by atoms with E-state index in [2.05, 4.69) is 28.6 Å². The maximum atomic E-state index is 11.3. The number of hydrogen-bond donors (Lipinski definition) is 0. The average molecular weight is 405 g/mol. The molecule has 0 aliphatic carbocycles. The Bertz CT molecular complexity index is 570. The molecular weight excluding hydrogens is 368 g/mol. The quantitative estimate of drug-likeness (QED) is 0.185. The van der Waals surface area contributed by atoms with Gasteiger partial charge < -0.3 is 9.47 Å². The molecule has 1 aliphatic rings. The van der Waals surface area contributed by atoms with Crippen LogP contribution in [-0.4, -0.2) is 32.1 Å². The second-order valence-corrected chi connectivity index (χ2v) is 7.32. The number of carbonyl (C=O) groups excluding carboxylic acids is 1. The smallest absolute Gasteiger partial charge is 0.308 e. The fraction of sp³-hybridized carbons (Fsp3) is 0.708. The third-order valence-electron chi connectivity index (χ3n) is 5.03. The second-order valence-electron chi connectivity index (χ2n) is 7.32. The van der Waals surface area contributed by atoms with Crippen LogP contribution in [0.3, 0.4) is 0 Å². The lowest BCUT2D eigenvalue weighted by atomic mass is 9.99. The van der Waals surface area contributed by atoms with Crippen LogP contribution in [0.1, 0.15) is 83.5 Å². The first-order chi connectivity index (χ1) is 14.2. The Morgan fingerprint density at radius 1 is 1.17 bits per heavy atom. The molecule has 0 N–H and O–H groups in total. The Morgan fingerprint density at radius 3 is 2.66 bits per heavy atom. The van der Waals surface area contributed by atoms with Crippen LogP contribution < -0.4 is 0 Å². The zero-order chi connectivity index (χ0) is 21.2. The molecule has 0 saturated carbocycles. The predicted molar refractivity (Wildman–Crippen MR) is 113 cm³/mol. The van der Waals surface area contributed by atoms with Crippen LogP contribution in [0, 0.1) is 24.2 Å². The van der Waals surface area contributed by atoms with Crippen molar-refractivity contribution >= 4 is 5.97 Å². The third kappa shape index (κ3) is 11.7. The highest BCUT2D eigenvalue weighted by molar-refractivity contribution is 5.69. The van der Waals surface area contributed by atoms with Crippen LogP contribution in [0.15, 0.2) is 12.2 Å². The number of carbonyl (C=O) groups is 1.